The number of hydrogen-bond donors (Lipinski definition) is 1. The number of nitroso groups, excluding NO2 is 1. The molecular weight excluding hydrogens is 180 g/mol. The number of piperidine rings is 1. The van der Waals surface area contributed by atoms with Crippen LogP contribution >= 0.6 is 0 Å². The molecular formula is C9H20N4O. The zero-order chi connectivity index (χ0) is 10.4. The van der Waals surface area contributed by atoms with E-state index in [9.17, 15) is 4.91 Å². The molecule has 0 aromatic carbocycles. The number of likely N-dealkylation sites (tertiary alicyclic amines) is 1. The summed E-state index contributed by atoms with van der Waals surface area (Å²) in [5, 5.41) is 7.59. The molecule has 1 aliphatic rings. The van der Waals surface area contributed by atoms with Gasteiger partial charge in [0.25, 0.3) is 0 Å². The molecule has 1 rings (SSSR count). The highest BCUT2D eigenvalue weighted by Crippen LogP contribution is 2.09. The minimum atomic E-state index is 0.674. The Hall–Kier alpha value is -0.680. The lowest BCUT2D eigenvalue weighted by Crippen LogP contribution is -2.43. The molecule has 1 aliphatic heterocycles. The molecule has 1 fully saturated rings. The van der Waals surface area contributed by atoms with Crippen LogP contribution in [0.3, 0.4) is 0 Å². The first kappa shape index (κ1) is 11.4. The van der Waals surface area contributed by atoms with Gasteiger partial charge in [-0.2, -0.15) is 0 Å². The first-order chi connectivity index (χ1) is 6.76. The normalized spacial score (nSPS) is 19.6. The number of likely N-dealkylation sites (N-methyl/N-ethyl adjacent to an activating group) is 1. The largest absolute Gasteiger partial charge is 0.317 e. The second kappa shape index (κ2) is 5.93. The highest BCUT2D eigenvalue weighted by molar-refractivity contribution is 4.75. The maximum absolute atomic E-state index is 10.1. The Labute approximate surface area is 85.4 Å². The van der Waals surface area contributed by atoms with Crippen LogP contribution in [0.25, 0.3) is 0 Å². The van der Waals surface area contributed by atoms with Crippen molar-refractivity contribution in [2.45, 2.75) is 18.9 Å². The first-order valence-electron chi connectivity index (χ1n) is 5.20. The maximum atomic E-state index is 10.1. The molecule has 0 aromatic heterocycles. The van der Waals surface area contributed by atoms with Gasteiger partial charge in [-0.1, -0.05) is 0 Å². The molecule has 0 bridgehead atoms. The molecule has 0 atom stereocenters. The quantitative estimate of drug-likeness (QED) is 0.511. The third-order valence-corrected chi connectivity index (χ3v) is 2.88. The zero-order valence-corrected chi connectivity index (χ0v) is 9.07. The molecule has 1 saturated heterocycles. The lowest BCUT2D eigenvalue weighted by Gasteiger charge is -2.32. The molecule has 14 heavy (non-hydrogen) atoms. The lowest BCUT2D eigenvalue weighted by molar-refractivity contribution is 0.179. The Morgan fingerprint density at radius 3 is 2.64 bits per heavy atom. The summed E-state index contributed by atoms with van der Waals surface area (Å²) >= 11 is 0. The molecule has 0 spiro atoms. The fourth-order valence-electron chi connectivity index (χ4n) is 1.77. The number of hydrogen-bond acceptors (Lipinski definition) is 4. The van der Waals surface area contributed by atoms with Gasteiger partial charge in [-0.3, -0.25) is 5.01 Å². The van der Waals surface area contributed by atoms with Gasteiger partial charge in [-0.05, 0) is 33.0 Å². The van der Waals surface area contributed by atoms with Gasteiger partial charge >= 0.3 is 0 Å². The summed E-state index contributed by atoms with van der Waals surface area (Å²) in [6, 6.07) is 0.674. The van der Waals surface area contributed by atoms with E-state index in [-0.39, 0.29) is 0 Å². The number of rotatable bonds is 5. The fourth-order valence-corrected chi connectivity index (χ4v) is 1.77. The van der Waals surface area contributed by atoms with Gasteiger partial charge < -0.3 is 10.2 Å². The van der Waals surface area contributed by atoms with Gasteiger partial charge in [0.15, 0.2) is 0 Å². The van der Waals surface area contributed by atoms with Crippen molar-refractivity contribution < 1.29 is 0 Å². The average molecular weight is 200 g/mol. The molecule has 0 saturated carbocycles. The molecule has 0 radical (unpaired) electrons. The van der Waals surface area contributed by atoms with Gasteiger partial charge in [0, 0.05) is 19.6 Å². The van der Waals surface area contributed by atoms with Gasteiger partial charge in [-0.15, -0.1) is 4.91 Å². The molecule has 1 heterocycles. The van der Waals surface area contributed by atoms with Crippen molar-refractivity contribution in [3.63, 3.8) is 0 Å². The fraction of sp³-hybridized carbons (Fsp3) is 1.00. The van der Waals surface area contributed by atoms with E-state index in [0.717, 1.165) is 26.2 Å². The minimum Gasteiger partial charge on any atom is -0.317 e. The predicted molar refractivity (Wildman–Crippen MR) is 56.9 cm³/mol. The van der Waals surface area contributed by atoms with Crippen molar-refractivity contribution in [1.82, 2.24) is 15.2 Å². The van der Waals surface area contributed by atoms with E-state index < -0.39 is 0 Å². The smallest absolute Gasteiger partial charge is 0.0521 e. The van der Waals surface area contributed by atoms with E-state index in [1.807, 2.05) is 7.05 Å². The van der Waals surface area contributed by atoms with Crippen LogP contribution in [-0.4, -0.2) is 56.2 Å². The van der Waals surface area contributed by atoms with Crippen molar-refractivity contribution in [3.05, 3.63) is 4.91 Å². The van der Waals surface area contributed by atoms with Crippen LogP contribution in [0, 0.1) is 4.91 Å². The Bertz CT molecular complexity index is 168. The SMILES string of the molecule is CNC1CCN(CCN(C)N=O)CC1. The molecule has 0 amide bonds. The lowest BCUT2D eigenvalue weighted by atomic mass is 10.1. The Kier molecular flexibility index (Phi) is 4.82. The van der Waals surface area contributed by atoms with E-state index in [4.69, 9.17) is 0 Å². The van der Waals surface area contributed by atoms with Crippen molar-refractivity contribution in [2.75, 3.05) is 40.3 Å². The maximum Gasteiger partial charge on any atom is 0.0521 e. The summed E-state index contributed by atoms with van der Waals surface area (Å²) in [6.45, 7) is 3.92. The summed E-state index contributed by atoms with van der Waals surface area (Å²) in [6.07, 6.45) is 2.41. The van der Waals surface area contributed by atoms with Gasteiger partial charge in [0.2, 0.25) is 0 Å². The average Bonchev–Trinajstić information content (AvgIpc) is 2.26. The van der Waals surface area contributed by atoms with E-state index in [2.05, 4.69) is 15.5 Å². The van der Waals surface area contributed by atoms with Crippen LogP contribution in [0.15, 0.2) is 5.29 Å². The van der Waals surface area contributed by atoms with Gasteiger partial charge in [0.05, 0.1) is 11.8 Å². The monoisotopic (exact) mass is 200 g/mol. The molecule has 82 valence electrons. The molecule has 5 heteroatoms. The van der Waals surface area contributed by atoms with Crippen molar-refractivity contribution >= 4 is 0 Å². The predicted octanol–water partition coefficient (Wildman–Crippen LogP) is 0.283. The van der Waals surface area contributed by atoms with Crippen LogP contribution in [0.5, 0.6) is 0 Å². The Morgan fingerprint density at radius 2 is 2.14 bits per heavy atom. The first-order valence-corrected chi connectivity index (χ1v) is 5.20. The summed E-state index contributed by atoms with van der Waals surface area (Å²) in [7, 11) is 3.73. The highest BCUT2D eigenvalue weighted by Gasteiger charge is 2.17. The summed E-state index contributed by atoms with van der Waals surface area (Å²) < 4.78 is 0. The van der Waals surface area contributed by atoms with Crippen molar-refractivity contribution in [1.29, 1.82) is 0 Å². The standard InChI is InChI=1S/C9H20N4O/c1-10-9-3-5-13(6-4-9)8-7-12(2)11-14/h9-10H,3-8H2,1-2H3. The topological polar surface area (TPSA) is 47.9 Å². The molecule has 0 aromatic rings. The minimum absolute atomic E-state index is 0.674. The highest BCUT2D eigenvalue weighted by atomic mass is 16.3. The number of nitrogens with one attached hydrogen (secondary N) is 1. The van der Waals surface area contributed by atoms with E-state index in [0.29, 0.717) is 6.04 Å². The van der Waals surface area contributed by atoms with Crippen LogP contribution in [-0.2, 0) is 0 Å². The summed E-state index contributed by atoms with van der Waals surface area (Å²) in [5.74, 6) is 0. The van der Waals surface area contributed by atoms with E-state index in [1.165, 1.54) is 17.9 Å². The van der Waals surface area contributed by atoms with E-state index in [1.54, 1.807) is 7.05 Å². The second-order valence-corrected chi connectivity index (χ2v) is 3.87. The molecule has 1 N–H and O–H groups in total. The summed E-state index contributed by atoms with van der Waals surface area (Å²) in [5.41, 5.74) is 0. The Balaban J connectivity index is 2.12. The molecule has 0 aliphatic carbocycles. The van der Waals surface area contributed by atoms with Crippen LogP contribution < -0.4 is 5.32 Å². The van der Waals surface area contributed by atoms with Crippen LogP contribution in [0.2, 0.25) is 0 Å². The third-order valence-electron chi connectivity index (χ3n) is 2.88. The Morgan fingerprint density at radius 1 is 1.50 bits per heavy atom. The van der Waals surface area contributed by atoms with E-state index >= 15 is 0 Å². The number of nitrogens with zero attached hydrogens (tertiary/aromatic N) is 3. The molecule has 0 unspecified atom stereocenters. The van der Waals surface area contributed by atoms with Crippen LogP contribution in [0.4, 0.5) is 0 Å². The van der Waals surface area contributed by atoms with Gasteiger partial charge in [-0.25, -0.2) is 0 Å². The van der Waals surface area contributed by atoms with Gasteiger partial charge in [0.1, 0.15) is 0 Å². The van der Waals surface area contributed by atoms with Crippen LogP contribution in [0.1, 0.15) is 12.8 Å². The second-order valence-electron chi connectivity index (χ2n) is 3.87. The molecule has 5 nitrogen and oxygen atoms in total. The third kappa shape index (κ3) is 3.59. The summed E-state index contributed by atoms with van der Waals surface area (Å²) in [4.78, 5) is 12.5. The zero-order valence-electron chi connectivity index (χ0n) is 9.07. The van der Waals surface area contributed by atoms with Crippen molar-refractivity contribution in [2.24, 2.45) is 5.29 Å². The van der Waals surface area contributed by atoms with Crippen molar-refractivity contribution in [3.8, 4) is 0 Å².